The van der Waals surface area contributed by atoms with Crippen molar-refractivity contribution in [1.29, 1.82) is 0 Å². The highest BCUT2D eigenvalue weighted by Crippen LogP contribution is 2.25. The monoisotopic (exact) mass is 310 g/mol. The summed E-state index contributed by atoms with van der Waals surface area (Å²) < 4.78 is 0. The number of H-pyrrole nitrogens is 1. The summed E-state index contributed by atoms with van der Waals surface area (Å²) in [4.78, 5) is 15.2. The van der Waals surface area contributed by atoms with Gasteiger partial charge in [0, 0.05) is 23.6 Å². The molecule has 0 unspecified atom stereocenters. The molecule has 0 atom stereocenters. The highest BCUT2D eigenvalue weighted by molar-refractivity contribution is 5.83. The number of carbonyl (C=O) groups is 1. The number of hydrogen-bond acceptors (Lipinski definition) is 3. The summed E-state index contributed by atoms with van der Waals surface area (Å²) in [5.74, 6) is -0.516. The number of hydrogen-bond donors (Lipinski definition) is 4. The van der Waals surface area contributed by atoms with Crippen molar-refractivity contribution < 1.29 is 15.0 Å². The molecule has 1 heterocycles. The van der Waals surface area contributed by atoms with Crippen LogP contribution in [0.15, 0.2) is 48.7 Å². The first-order chi connectivity index (χ1) is 11.1. The number of aromatic nitrogens is 1. The van der Waals surface area contributed by atoms with Crippen molar-refractivity contribution in [2.24, 2.45) is 0 Å². The largest absolute Gasteiger partial charge is 0.504 e. The van der Waals surface area contributed by atoms with Crippen LogP contribution in [0.4, 0.5) is 0 Å². The number of para-hydroxylation sites is 1. The van der Waals surface area contributed by atoms with Crippen molar-refractivity contribution in [2.45, 2.75) is 12.8 Å². The lowest BCUT2D eigenvalue weighted by molar-refractivity contribution is -0.120. The number of nitrogens with one attached hydrogen (secondary N) is 2. The molecule has 1 amide bonds. The number of fused-ring (bicyclic) bond motifs is 1. The van der Waals surface area contributed by atoms with Gasteiger partial charge < -0.3 is 20.5 Å². The summed E-state index contributed by atoms with van der Waals surface area (Å²) in [5.41, 5.74) is 2.92. The summed E-state index contributed by atoms with van der Waals surface area (Å²) in [6, 6.07) is 12.5. The van der Waals surface area contributed by atoms with Gasteiger partial charge in [0.05, 0.1) is 6.42 Å². The first-order valence-corrected chi connectivity index (χ1v) is 7.46. The molecule has 0 aliphatic rings. The van der Waals surface area contributed by atoms with Gasteiger partial charge in [-0.25, -0.2) is 0 Å². The van der Waals surface area contributed by atoms with Gasteiger partial charge in [-0.15, -0.1) is 0 Å². The van der Waals surface area contributed by atoms with Gasteiger partial charge in [-0.2, -0.15) is 0 Å². The van der Waals surface area contributed by atoms with Crippen molar-refractivity contribution in [1.82, 2.24) is 10.3 Å². The second-order valence-electron chi connectivity index (χ2n) is 5.46. The highest BCUT2D eigenvalue weighted by atomic mass is 16.3. The van der Waals surface area contributed by atoms with E-state index in [9.17, 15) is 15.0 Å². The minimum absolute atomic E-state index is 0.116. The van der Waals surface area contributed by atoms with Gasteiger partial charge >= 0.3 is 0 Å². The molecule has 0 fully saturated rings. The van der Waals surface area contributed by atoms with Crippen molar-refractivity contribution in [3.8, 4) is 11.5 Å². The Labute approximate surface area is 133 Å². The second-order valence-corrected chi connectivity index (χ2v) is 5.46. The topological polar surface area (TPSA) is 85.3 Å². The number of carbonyl (C=O) groups excluding carboxylic acids is 1. The Kier molecular flexibility index (Phi) is 4.19. The van der Waals surface area contributed by atoms with Crippen LogP contribution in [0.25, 0.3) is 10.9 Å². The molecule has 23 heavy (non-hydrogen) atoms. The Bertz CT molecular complexity index is 839. The van der Waals surface area contributed by atoms with Crippen LogP contribution in [0.5, 0.6) is 11.5 Å². The minimum Gasteiger partial charge on any atom is -0.504 e. The molecule has 0 radical (unpaired) electrons. The molecule has 0 saturated carbocycles. The molecule has 5 nitrogen and oxygen atoms in total. The molecule has 0 saturated heterocycles. The molecule has 0 aliphatic carbocycles. The highest BCUT2D eigenvalue weighted by Gasteiger charge is 2.07. The Hall–Kier alpha value is -2.95. The van der Waals surface area contributed by atoms with E-state index in [1.165, 1.54) is 23.1 Å². The maximum absolute atomic E-state index is 11.9. The van der Waals surface area contributed by atoms with Gasteiger partial charge in [-0.3, -0.25) is 4.79 Å². The number of phenolic OH excluding ortho intramolecular Hbond substituents is 2. The smallest absolute Gasteiger partial charge is 0.224 e. The Morgan fingerprint density at radius 2 is 1.91 bits per heavy atom. The van der Waals surface area contributed by atoms with Crippen molar-refractivity contribution in [3.63, 3.8) is 0 Å². The lowest BCUT2D eigenvalue weighted by Crippen LogP contribution is -2.27. The number of rotatable bonds is 5. The van der Waals surface area contributed by atoms with Crippen LogP contribution in [0, 0.1) is 0 Å². The van der Waals surface area contributed by atoms with Crippen molar-refractivity contribution in [3.05, 3.63) is 59.8 Å². The molecule has 3 aromatic rings. The molecule has 0 spiro atoms. The minimum atomic E-state index is -0.214. The van der Waals surface area contributed by atoms with Gasteiger partial charge in [0.1, 0.15) is 0 Å². The molecule has 5 heteroatoms. The normalized spacial score (nSPS) is 10.8. The maximum atomic E-state index is 11.9. The van der Waals surface area contributed by atoms with Crippen LogP contribution in [0.1, 0.15) is 11.1 Å². The first-order valence-electron chi connectivity index (χ1n) is 7.46. The summed E-state index contributed by atoms with van der Waals surface area (Å²) in [6.07, 6.45) is 2.88. The molecule has 2 aromatic carbocycles. The predicted octanol–water partition coefficient (Wildman–Crippen LogP) is 2.48. The van der Waals surface area contributed by atoms with Crippen LogP contribution in [-0.2, 0) is 17.6 Å². The number of aromatic amines is 1. The van der Waals surface area contributed by atoms with E-state index in [4.69, 9.17) is 0 Å². The fraction of sp³-hybridized carbons (Fsp3) is 0.167. The fourth-order valence-corrected chi connectivity index (χ4v) is 2.60. The van der Waals surface area contributed by atoms with E-state index >= 15 is 0 Å². The van der Waals surface area contributed by atoms with E-state index in [1.807, 2.05) is 24.4 Å². The third-order valence-electron chi connectivity index (χ3n) is 3.80. The Morgan fingerprint density at radius 3 is 2.74 bits per heavy atom. The maximum Gasteiger partial charge on any atom is 0.224 e. The van der Waals surface area contributed by atoms with Gasteiger partial charge in [-0.05, 0) is 35.7 Å². The number of amides is 1. The van der Waals surface area contributed by atoms with Gasteiger partial charge in [0.15, 0.2) is 11.5 Å². The quantitative estimate of drug-likeness (QED) is 0.546. The van der Waals surface area contributed by atoms with Crippen LogP contribution in [0.2, 0.25) is 0 Å². The average molecular weight is 310 g/mol. The lowest BCUT2D eigenvalue weighted by atomic mass is 10.1. The van der Waals surface area contributed by atoms with E-state index in [2.05, 4.69) is 16.4 Å². The van der Waals surface area contributed by atoms with Crippen LogP contribution < -0.4 is 5.32 Å². The molecule has 3 rings (SSSR count). The second kappa shape index (κ2) is 6.44. The van der Waals surface area contributed by atoms with E-state index in [0.29, 0.717) is 12.1 Å². The lowest BCUT2D eigenvalue weighted by Gasteiger charge is -2.06. The molecule has 0 aliphatic heterocycles. The molecule has 118 valence electrons. The summed E-state index contributed by atoms with van der Waals surface area (Å²) in [6.45, 7) is 0.546. The van der Waals surface area contributed by atoms with E-state index in [-0.39, 0.29) is 23.8 Å². The Balaban J connectivity index is 1.54. The molecule has 1 aromatic heterocycles. The van der Waals surface area contributed by atoms with E-state index < -0.39 is 0 Å². The standard InChI is InChI=1S/C18H18N2O3/c21-16-6-5-12(9-17(16)22)10-18(23)19-8-7-13-11-20-15-4-2-1-3-14(13)15/h1-6,9,11,20-22H,7-8,10H2,(H,19,23). The van der Waals surface area contributed by atoms with Crippen LogP contribution in [0.3, 0.4) is 0 Å². The van der Waals surface area contributed by atoms with Gasteiger partial charge in [0.25, 0.3) is 0 Å². The van der Waals surface area contributed by atoms with E-state index in [0.717, 1.165) is 11.9 Å². The SMILES string of the molecule is O=C(Cc1ccc(O)c(O)c1)NCCc1c[nH]c2ccccc12. The van der Waals surface area contributed by atoms with E-state index in [1.54, 1.807) is 6.07 Å². The molecule has 0 bridgehead atoms. The summed E-state index contributed by atoms with van der Waals surface area (Å²) in [7, 11) is 0. The molecular formula is C18H18N2O3. The number of benzene rings is 2. The third kappa shape index (κ3) is 3.45. The van der Waals surface area contributed by atoms with Gasteiger partial charge in [-0.1, -0.05) is 24.3 Å². The number of aromatic hydroxyl groups is 2. The zero-order valence-corrected chi connectivity index (χ0v) is 12.5. The zero-order valence-electron chi connectivity index (χ0n) is 12.5. The summed E-state index contributed by atoms with van der Waals surface area (Å²) in [5, 5.41) is 22.7. The van der Waals surface area contributed by atoms with Crippen LogP contribution >= 0.6 is 0 Å². The molecular weight excluding hydrogens is 292 g/mol. The van der Waals surface area contributed by atoms with Crippen molar-refractivity contribution in [2.75, 3.05) is 6.54 Å². The van der Waals surface area contributed by atoms with Crippen LogP contribution in [-0.4, -0.2) is 27.6 Å². The predicted molar refractivity (Wildman–Crippen MR) is 88.5 cm³/mol. The molecule has 4 N–H and O–H groups in total. The fourth-order valence-electron chi connectivity index (χ4n) is 2.60. The summed E-state index contributed by atoms with van der Waals surface area (Å²) >= 11 is 0. The van der Waals surface area contributed by atoms with Crippen molar-refractivity contribution >= 4 is 16.8 Å². The zero-order chi connectivity index (χ0) is 16.2. The van der Waals surface area contributed by atoms with Gasteiger partial charge in [0.2, 0.25) is 5.91 Å². The Morgan fingerprint density at radius 1 is 1.09 bits per heavy atom. The number of phenols is 2. The third-order valence-corrected chi connectivity index (χ3v) is 3.80. The average Bonchev–Trinajstić information content (AvgIpc) is 2.94. The first kappa shape index (κ1) is 15.0.